The van der Waals surface area contributed by atoms with Gasteiger partial charge in [-0.05, 0) is 11.1 Å². The first-order valence-corrected chi connectivity index (χ1v) is 14.7. The van der Waals surface area contributed by atoms with Crippen LogP contribution in [0.2, 0.25) is 0 Å². The molecule has 1 amide bonds. The van der Waals surface area contributed by atoms with Gasteiger partial charge in [0, 0.05) is 13.8 Å². The van der Waals surface area contributed by atoms with E-state index >= 15 is 4.39 Å². The average molecular weight is 614 g/mol. The number of alkyl halides is 1. The molecule has 0 aliphatic carbocycles. The van der Waals surface area contributed by atoms with E-state index in [1.165, 1.54) is 24.1 Å². The number of esters is 1. The average Bonchev–Trinajstić information content (AvgIpc) is 3.56. The number of hydrogen-bond donors (Lipinski definition) is 1. The number of benzene rings is 2. The lowest BCUT2D eigenvalue weighted by Gasteiger charge is -2.21. The molecule has 43 heavy (non-hydrogen) atoms. The number of nitrogens with zero attached hydrogens (tertiary/aromatic N) is 4. The maximum absolute atomic E-state index is 15.8. The van der Waals surface area contributed by atoms with Crippen LogP contribution in [-0.4, -0.2) is 56.4 Å². The molecule has 1 saturated heterocycles. The summed E-state index contributed by atoms with van der Waals surface area (Å²) < 4.78 is 58.9. The van der Waals surface area contributed by atoms with E-state index < -0.39 is 45.0 Å². The van der Waals surface area contributed by atoms with Crippen LogP contribution in [0, 0.1) is 0 Å². The largest absolute Gasteiger partial charge is 0.475 e. The van der Waals surface area contributed by atoms with E-state index in [1.54, 1.807) is 48.5 Å². The van der Waals surface area contributed by atoms with Crippen LogP contribution in [0.1, 0.15) is 31.2 Å². The summed E-state index contributed by atoms with van der Waals surface area (Å²) in [6.07, 6.45) is -3.42. The molecule has 4 atom stereocenters. The molecule has 4 aromatic rings. The van der Waals surface area contributed by atoms with E-state index in [0.717, 1.165) is 18.1 Å². The second-order valence-corrected chi connectivity index (χ2v) is 11.2. The van der Waals surface area contributed by atoms with E-state index in [1.807, 2.05) is 12.1 Å². The van der Waals surface area contributed by atoms with Crippen LogP contribution in [0.3, 0.4) is 0 Å². The standard InChI is InChI=1S/C28H29FN5O8P/c1-18(35)33-26-24-27(31-16-30-26)34(17-32-24)28-25(41-19(2)36)23(29)22(42-28)15-40-43(37,38-13-20-9-5-3-6-10-20)39-14-21-11-7-4-8-12-21/h3-12,16-17,22-23,25,28H,13-15H2,1-2H3,(H,30,31,33,35)/t22-,23?,25?,28-/m1/s1. The van der Waals surface area contributed by atoms with Gasteiger partial charge in [0.25, 0.3) is 0 Å². The molecule has 2 aromatic carbocycles. The van der Waals surface area contributed by atoms with E-state index in [2.05, 4.69) is 20.3 Å². The minimum Gasteiger partial charge on any atom is -0.454 e. The quantitative estimate of drug-likeness (QED) is 0.177. The number of fused-ring (bicyclic) bond motifs is 1. The highest BCUT2D eigenvalue weighted by Crippen LogP contribution is 2.52. The highest BCUT2D eigenvalue weighted by molar-refractivity contribution is 7.48. The predicted molar refractivity (Wildman–Crippen MR) is 150 cm³/mol. The molecule has 1 aliphatic rings. The topological polar surface area (TPSA) is 153 Å². The second-order valence-electron chi connectivity index (χ2n) is 9.57. The highest BCUT2D eigenvalue weighted by Gasteiger charge is 2.50. The van der Waals surface area contributed by atoms with E-state index in [4.69, 9.17) is 23.0 Å². The van der Waals surface area contributed by atoms with Crippen molar-refractivity contribution in [1.29, 1.82) is 0 Å². The summed E-state index contributed by atoms with van der Waals surface area (Å²) in [5.74, 6) is -0.982. The Labute approximate surface area is 245 Å². The molecule has 226 valence electrons. The zero-order chi connectivity index (χ0) is 30.4. The van der Waals surface area contributed by atoms with Gasteiger partial charge < -0.3 is 14.8 Å². The number of anilines is 1. The molecular weight excluding hydrogens is 584 g/mol. The lowest BCUT2D eigenvalue weighted by molar-refractivity contribution is -0.154. The molecule has 1 N–H and O–H groups in total. The van der Waals surface area contributed by atoms with Crippen molar-refractivity contribution in [2.75, 3.05) is 11.9 Å². The van der Waals surface area contributed by atoms with E-state index in [0.29, 0.717) is 0 Å². The number of aromatic nitrogens is 4. The molecule has 2 unspecified atom stereocenters. The van der Waals surface area contributed by atoms with Gasteiger partial charge in [0.05, 0.1) is 26.1 Å². The zero-order valence-corrected chi connectivity index (χ0v) is 24.1. The summed E-state index contributed by atoms with van der Waals surface area (Å²) in [6.45, 7) is 1.71. The van der Waals surface area contributed by atoms with Gasteiger partial charge in [-0.1, -0.05) is 60.7 Å². The molecule has 1 aliphatic heterocycles. The Balaban J connectivity index is 1.35. The van der Waals surface area contributed by atoms with Crippen LogP contribution in [0.25, 0.3) is 11.2 Å². The first-order valence-electron chi connectivity index (χ1n) is 13.3. The van der Waals surface area contributed by atoms with E-state index in [9.17, 15) is 14.2 Å². The summed E-state index contributed by atoms with van der Waals surface area (Å²) in [4.78, 5) is 35.9. The molecule has 0 spiro atoms. The Hall–Kier alpha value is -4.07. The van der Waals surface area contributed by atoms with Crippen LogP contribution in [0.4, 0.5) is 10.2 Å². The third-order valence-electron chi connectivity index (χ3n) is 6.35. The Morgan fingerprint density at radius 3 is 2.16 bits per heavy atom. The van der Waals surface area contributed by atoms with Gasteiger partial charge in [-0.15, -0.1) is 0 Å². The molecule has 13 nitrogen and oxygen atoms in total. The lowest BCUT2D eigenvalue weighted by atomic mass is 10.1. The van der Waals surface area contributed by atoms with Crippen LogP contribution in [0.5, 0.6) is 0 Å². The van der Waals surface area contributed by atoms with Gasteiger partial charge in [-0.25, -0.2) is 23.9 Å². The summed E-state index contributed by atoms with van der Waals surface area (Å²) >= 11 is 0. The van der Waals surface area contributed by atoms with E-state index in [-0.39, 0.29) is 36.1 Å². The first kappa shape index (κ1) is 30.4. The van der Waals surface area contributed by atoms with Crippen LogP contribution < -0.4 is 5.32 Å². The fourth-order valence-electron chi connectivity index (χ4n) is 4.40. The smallest absolute Gasteiger partial charge is 0.454 e. The Morgan fingerprint density at radius 2 is 1.58 bits per heavy atom. The molecule has 1 fully saturated rings. The van der Waals surface area contributed by atoms with Crippen molar-refractivity contribution in [3.63, 3.8) is 0 Å². The first-order chi connectivity index (χ1) is 20.7. The molecule has 0 radical (unpaired) electrons. The Kier molecular flexibility index (Phi) is 9.53. The number of imidazole rings is 1. The molecular formula is C28H29FN5O8P. The monoisotopic (exact) mass is 613 g/mol. The fraction of sp³-hybridized carbons (Fsp3) is 0.321. The van der Waals surface area contributed by atoms with Gasteiger partial charge in [0.1, 0.15) is 12.4 Å². The third kappa shape index (κ3) is 7.48. The number of nitrogens with one attached hydrogen (secondary N) is 1. The van der Waals surface area contributed by atoms with Crippen molar-refractivity contribution >= 4 is 36.7 Å². The molecule has 3 heterocycles. The number of phosphoric acid groups is 1. The van der Waals surface area contributed by atoms with Gasteiger partial charge in [-0.3, -0.25) is 27.7 Å². The summed E-state index contributed by atoms with van der Waals surface area (Å²) in [5.41, 5.74) is 1.85. The number of ether oxygens (including phenoxy) is 2. The minimum atomic E-state index is -4.25. The normalized spacial score (nSPS) is 20.3. The van der Waals surface area contributed by atoms with Gasteiger partial charge >= 0.3 is 13.8 Å². The highest BCUT2D eigenvalue weighted by atomic mass is 31.2. The fourth-order valence-corrected chi connectivity index (χ4v) is 5.57. The Morgan fingerprint density at radius 1 is 0.953 bits per heavy atom. The van der Waals surface area contributed by atoms with Crippen molar-refractivity contribution < 1.29 is 41.6 Å². The SMILES string of the molecule is CC(=O)Nc1ncnc2c1ncn2[C@@H]1O[C@H](COP(=O)(OCc2ccccc2)OCc2ccccc2)C(F)C1OC(C)=O. The maximum atomic E-state index is 15.8. The van der Waals surface area contributed by atoms with Crippen LogP contribution in [-0.2, 0) is 50.4 Å². The molecule has 2 aromatic heterocycles. The Bertz CT molecular complexity index is 1560. The number of rotatable bonds is 12. The summed E-state index contributed by atoms with van der Waals surface area (Å²) in [5, 5.41) is 2.55. The summed E-state index contributed by atoms with van der Waals surface area (Å²) in [6, 6.07) is 18.0. The molecule has 15 heteroatoms. The third-order valence-corrected chi connectivity index (χ3v) is 7.71. The molecule has 0 saturated carbocycles. The number of phosphoric ester groups is 1. The molecule has 5 rings (SSSR count). The van der Waals surface area contributed by atoms with Gasteiger partial charge in [-0.2, -0.15) is 0 Å². The van der Waals surface area contributed by atoms with Crippen molar-refractivity contribution in [3.8, 4) is 0 Å². The van der Waals surface area contributed by atoms with Gasteiger partial charge in [0.2, 0.25) is 5.91 Å². The van der Waals surface area contributed by atoms with Crippen molar-refractivity contribution in [2.24, 2.45) is 0 Å². The minimum absolute atomic E-state index is 0.0897. The number of hydrogen-bond acceptors (Lipinski definition) is 11. The maximum Gasteiger partial charge on any atom is 0.475 e. The van der Waals surface area contributed by atoms with Crippen LogP contribution >= 0.6 is 7.82 Å². The number of halogens is 1. The lowest BCUT2D eigenvalue weighted by Crippen LogP contribution is -2.34. The van der Waals surface area contributed by atoms with Crippen molar-refractivity contribution in [1.82, 2.24) is 19.5 Å². The summed E-state index contributed by atoms with van der Waals surface area (Å²) in [7, 11) is -4.25. The van der Waals surface area contributed by atoms with Crippen LogP contribution in [0.15, 0.2) is 73.3 Å². The number of carbonyl (C=O) groups is 2. The second kappa shape index (κ2) is 13.5. The van der Waals surface area contributed by atoms with Crippen molar-refractivity contribution in [2.45, 2.75) is 51.7 Å². The van der Waals surface area contributed by atoms with Crippen molar-refractivity contribution in [3.05, 3.63) is 84.4 Å². The van der Waals surface area contributed by atoms with Gasteiger partial charge in [0.15, 0.2) is 35.5 Å². The number of amides is 1. The predicted octanol–water partition coefficient (Wildman–Crippen LogP) is 4.51. The zero-order valence-electron chi connectivity index (χ0n) is 23.2. The number of carbonyl (C=O) groups excluding carboxylic acids is 2. The molecule has 0 bridgehead atoms.